The van der Waals surface area contributed by atoms with Crippen LogP contribution in [0.5, 0.6) is 0 Å². The summed E-state index contributed by atoms with van der Waals surface area (Å²) in [4.78, 5) is 38.1. The van der Waals surface area contributed by atoms with Gasteiger partial charge >= 0.3 is 17.9 Å². The number of hydrogen-bond donors (Lipinski definition) is 0. The highest BCUT2D eigenvalue weighted by Gasteiger charge is 2.19. The first-order valence-corrected chi connectivity index (χ1v) is 27.4. The van der Waals surface area contributed by atoms with Gasteiger partial charge in [-0.05, 0) is 103 Å². The predicted octanol–water partition coefficient (Wildman–Crippen LogP) is 18.3. The maximum absolute atomic E-state index is 12.8. The number of unbranched alkanes of at least 4 members (excludes halogenated alkanes) is 22. The van der Waals surface area contributed by atoms with E-state index in [2.05, 4.69) is 112 Å². The Bertz CT molecular complexity index is 1390. The van der Waals surface area contributed by atoms with Crippen LogP contribution in [0.4, 0.5) is 0 Å². The molecule has 0 saturated carbocycles. The number of rotatable bonds is 48. The van der Waals surface area contributed by atoms with Crippen LogP contribution in [-0.4, -0.2) is 37.2 Å². The van der Waals surface area contributed by atoms with Crippen molar-refractivity contribution in [1.29, 1.82) is 0 Å². The van der Waals surface area contributed by atoms with Crippen molar-refractivity contribution in [3.8, 4) is 0 Å². The van der Waals surface area contributed by atoms with Gasteiger partial charge in [-0.2, -0.15) is 0 Å². The van der Waals surface area contributed by atoms with Crippen LogP contribution < -0.4 is 0 Å². The molecule has 0 aromatic rings. The minimum Gasteiger partial charge on any atom is -0.462 e. The first kappa shape index (κ1) is 63.1. The van der Waals surface area contributed by atoms with Crippen molar-refractivity contribution >= 4 is 17.9 Å². The van der Waals surface area contributed by atoms with Gasteiger partial charge in [0.05, 0.1) is 0 Å². The van der Waals surface area contributed by atoms with E-state index in [1.807, 2.05) is 18.2 Å². The molecule has 0 N–H and O–H groups in total. The summed E-state index contributed by atoms with van der Waals surface area (Å²) in [6, 6.07) is 0. The van der Waals surface area contributed by atoms with Crippen molar-refractivity contribution in [1.82, 2.24) is 0 Å². The summed E-state index contributed by atoms with van der Waals surface area (Å²) in [5.41, 5.74) is 0. The van der Waals surface area contributed by atoms with E-state index >= 15 is 0 Å². The summed E-state index contributed by atoms with van der Waals surface area (Å²) in [7, 11) is 0. The summed E-state index contributed by atoms with van der Waals surface area (Å²) in [5, 5.41) is 0. The van der Waals surface area contributed by atoms with E-state index in [0.717, 1.165) is 122 Å². The summed E-state index contributed by atoms with van der Waals surface area (Å²) in [6.07, 6.45) is 73.5. The van der Waals surface area contributed by atoms with Gasteiger partial charge in [0, 0.05) is 19.3 Å². The first-order chi connectivity index (χ1) is 33.0. The van der Waals surface area contributed by atoms with Crippen molar-refractivity contribution in [2.75, 3.05) is 13.2 Å². The van der Waals surface area contributed by atoms with E-state index in [9.17, 15) is 14.4 Å². The van der Waals surface area contributed by atoms with Gasteiger partial charge in [0.25, 0.3) is 0 Å². The highest BCUT2D eigenvalue weighted by molar-refractivity contribution is 5.71. The van der Waals surface area contributed by atoms with Gasteiger partial charge < -0.3 is 14.2 Å². The van der Waals surface area contributed by atoms with Crippen LogP contribution in [0.1, 0.15) is 239 Å². The van der Waals surface area contributed by atoms with Gasteiger partial charge in [-0.25, -0.2) is 0 Å². The van der Waals surface area contributed by atoms with E-state index in [1.54, 1.807) is 0 Å². The molecule has 0 aliphatic rings. The van der Waals surface area contributed by atoms with Gasteiger partial charge in [-0.15, -0.1) is 0 Å². The Kier molecular flexibility index (Phi) is 51.5. The number of allylic oxidation sites excluding steroid dienone is 18. The quantitative estimate of drug-likeness (QED) is 0.0199. The second-order valence-electron chi connectivity index (χ2n) is 17.8. The summed E-state index contributed by atoms with van der Waals surface area (Å²) in [5.74, 6) is -0.940. The third-order valence-electron chi connectivity index (χ3n) is 11.3. The molecule has 0 fully saturated rings. The van der Waals surface area contributed by atoms with Crippen LogP contribution in [0.2, 0.25) is 0 Å². The van der Waals surface area contributed by atoms with Crippen LogP contribution in [0.15, 0.2) is 109 Å². The molecule has 0 aromatic carbocycles. The molecule has 0 rings (SSSR count). The monoisotopic (exact) mass is 929 g/mol. The topological polar surface area (TPSA) is 78.9 Å². The van der Waals surface area contributed by atoms with E-state index in [1.165, 1.54) is 77.0 Å². The second kappa shape index (κ2) is 54.7. The first-order valence-electron chi connectivity index (χ1n) is 27.4. The largest absolute Gasteiger partial charge is 0.462 e. The molecule has 0 heterocycles. The molecule has 380 valence electrons. The molecule has 0 amide bonds. The van der Waals surface area contributed by atoms with Gasteiger partial charge in [-0.3, -0.25) is 14.4 Å². The normalized spacial score (nSPS) is 12.9. The lowest BCUT2D eigenvalue weighted by Crippen LogP contribution is -2.30. The van der Waals surface area contributed by atoms with E-state index in [0.29, 0.717) is 19.3 Å². The Hall–Kier alpha value is -3.93. The molecule has 1 atom stereocenters. The van der Waals surface area contributed by atoms with Crippen molar-refractivity contribution in [3.05, 3.63) is 109 Å². The van der Waals surface area contributed by atoms with Crippen LogP contribution in [0.3, 0.4) is 0 Å². The predicted molar refractivity (Wildman–Crippen MR) is 288 cm³/mol. The second-order valence-corrected chi connectivity index (χ2v) is 17.8. The Morgan fingerprint density at radius 1 is 0.328 bits per heavy atom. The zero-order chi connectivity index (χ0) is 48.6. The Labute approximate surface area is 412 Å². The Balaban J connectivity index is 4.46. The summed E-state index contributed by atoms with van der Waals surface area (Å²) in [6.45, 7) is 6.34. The van der Waals surface area contributed by atoms with Crippen molar-refractivity contribution < 1.29 is 28.6 Å². The molecule has 0 saturated heterocycles. The zero-order valence-electron chi connectivity index (χ0n) is 43.4. The van der Waals surface area contributed by atoms with Gasteiger partial charge in [0.2, 0.25) is 0 Å². The van der Waals surface area contributed by atoms with Crippen LogP contribution in [-0.2, 0) is 28.6 Å². The average molecular weight is 929 g/mol. The van der Waals surface area contributed by atoms with Gasteiger partial charge in [-0.1, -0.05) is 226 Å². The molecule has 6 nitrogen and oxygen atoms in total. The highest BCUT2D eigenvalue weighted by atomic mass is 16.6. The van der Waals surface area contributed by atoms with Crippen molar-refractivity contribution in [3.63, 3.8) is 0 Å². The van der Waals surface area contributed by atoms with Crippen LogP contribution in [0, 0.1) is 0 Å². The summed E-state index contributed by atoms with van der Waals surface area (Å²) < 4.78 is 16.8. The van der Waals surface area contributed by atoms with E-state index in [4.69, 9.17) is 14.2 Å². The molecule has 1 unspecified atom stereocenters. The standard InChI is InChI=1S/C61H100O6/c1-4-7-10-13-16-19-22-25-28-29-30-31-34-36-39-42-45-48-51-54-60(63)66-57-58(67-61(64)55-52-49-46-43-40-37-33-27-24-21-18-15-12-9-6-3)56-65-59(62)53-50-47-44-41-38-35-32-26-23-20-17-14-11-8-5-2/h7,9-10,12,15-16,18-21,23-25,27-28,30-31,33,58H,4-6,8,11,13-14,17,22,26,29,32,34-57H2,1-3H3/b10-7-,12-9-,18-15-,19-16-,23-20-,24-21-,28-25-,31-30-,33-27-. The molecule has 0 aliphatic heterocycles. The number of carbonyl (C=O) groups excluding carboxylic acids is 3. The minimum absolute atomic E-state index is 0.0964. The fourth-order valence-electron chi connectivity index (χ4n) is 7.26. The van der Waals surface area contributed by atoms with Crippen molar-refractivity contribution in [2.24, 2.45) is 0 Å². The molecule has 0 aromatic heterocycles. The Morgan fingerprint density at radius 2 is 0.657 bits per heavy atom. The Morgan fingerprint density at radius 3 is 1.10 bits per heavy atom. The number of carbonyl (C=O) groups is 3. The number of ether oxygens (including phenoxy) is 3. The number of esters is 3. The molecule has 0 bridgehead atoms. The van der Waals surface area contributed by atoms with Crippen LogP contribution in [0.25, 0.3) is 0 Å². The van der Waals surface area contributed by atoms with E-state index in [-0.39, 0.29) is 31.1 Å². The molecule has 6 heteroatoms. The van der Waals surface area contributed by atoms with Crippen LogP contribution >= 0.6 is 0 Å². The maximum Gasteiger partial charge on any atom is 0.306 e. The smallest absolute Gasteiger partial charge is 0.306 e. The zero-order valence-corrected chi connectivity index (χ0v) is 43.4. The lowest BCUT2D eigenvalue weighted by molar-refractivity contribution is -0.167. The lowest BCUT2D eigenvalue weighted by Gasteiger charge is -2.18. The minimum atomic E-state index is -0.800. The molecular formula is C61H100O6. The molecular weight excluding hydrogens is 829 g/mol. The van der Waals surface area contributed by atoms with Gasteiger partial charge in [0.15, 0.2) is 6.10 Å². The molecule has 0 radical (unpaired) electrons. The summed E-state index contributed by atoms with van der Waals surface area (Å²) >= 11 is 0. The fourth-order valence-corrected chi connectivity index (χ4v) is 7.26. The third-order valence-corrected chi connectivity index (χ3v) is 11.3. The molecule has 0 spiro atoms. The van der Waals surface area contributed by atoms with Gasteiger partial charge in [0.1, 0.15) is 13.2 Å². The highest BCUT2D eigenvalue weighted by Crippen LogP contribution is 2.14. The average Bonchev–Trinajstić information content (AvgIpc) is 3.33. The molecule has 0 aliphatic carbocycles. The maximum atomic E-state index is 12.8. The molecule has 67 heavy (non-hydrogen) atoms. The van der Waals surface area contributed by atoms with E-state index < -0.39 is 6.10 Å². The SMILES string of the molecule is CC\C=C/C=C\C=C/C=C\CCCCCCCC(=O)OC(COC(=O)CCCCCCCC/C=C\C/C=C\C/C=C\C/C=C\CC)COC(=O)CCCCCCCCC/C=C\CCCCCC. The third kappa shape index (κ3) is 52.9. The fraction of sp³-hybridized carbons (Fsp3) is 0.656. The van der Waals surface area contributed by atoms with Crippen molar-refractivity contribution in [2.45, 2.75) is 245 Å². The number of hydrogen-bond acceptors (Lipinski definition) is 6. The lowest BCUT2D eigenvalue weighted by atomic mass is 10.1.